The van der Waals surface area contributed by atoms with Crippen LogP contribution in [0.3, 0.4) is 0 Å². The smallest absolute Gasteiger partial charge is 0.340 e. The average Bonchev–Trinajstić information content (AvgIpc) is 2.30. The molecule has 0 spiro atoms. The Balaban J connectivity index is 2.50. The Hall–Kier alpha value is -0.850. The largest absolute Gasteiger partial charge is 0.383 e. The lowest BCUT2D eigenvalue weighted by Crippen LogP contribution is -2.48. The van der Waals surface area contributed by atoms with Crippen LogP contribution in [0, 0.1) is 5.92 Å². The van der Waals surface area contributed by atoms with Crippen LogP contribution in [-0.2, 0) is 4.79 Å². The number of hydrogen-bond donors (Lipinski definition) is 0. The van der Waals surface area contributed by atoms with Gasteiger partial charge in [0.1, 0.15) is 0 Å². The minimum atomic E-state index is -4.58. The number of carbonyl (C=O) groups excluding carboxylic acids is 1. The first kappa shape index (κ1) is 15.2. The molecule has 0 saturated carbocycles. The molecule has 1 fully saturated rings. The number of alkyl halides is 4. The minimum Gasteiger partial charge on any atom is -0.340 e. The van der Waals surface area contributed by atoms with Gasteiger partial charge in [-0.05, 0) is 38.9 Å². The van der Waals surface area contributed by atoms with Crippen LogP contribution >= 0.6 is 0 Å². The highest BCUT2D eigenvalue weighted by Crippen LogP contribution is 2.26. The molecule has 1 aliphatic heterocycles. The molecule has 1 amide bonds. The molecule has 0 bridgehead atoms. The summed E-state index contributed by atoms with van der Waals surface area (Å²) in [6.07, 6.45) is -2.38. The number of rotatable bonds is 4. The van der Waals surface area contributed by atoms with E-state index in [1.54, 1.807) is 0 Å². The van der Waals surface area contributed by atoms with Gasteiger partial charge in [0.2, 0.25) is 0 Å². The number of carbonyl (C=O) groups is 1. The van der Waals surface area contributed by atoms with Crippen molar-refractivity contribution in [1.29, 1.82) is 0 Å². The Morgan fingerprint density at radius 1 is 1.39 bits per heavy atom. The van der Waals surface area contributed by atoms with E-state index in [0.717, 1.165) is 37.9 Å². The van der Waals surface area contributed by atoms with Crippen molar-refractivity contribution >= 4 is 5.91 Å². The van der Waals surface area contributed by atoms with Crippen LogP contribution < -0.4 is 0 Å². The van der Waals surface area contributed by atoms with Gasteiger partial charge in [-0.1, -0.05) is 0 Å². The molecule has 1 heterocycles. The lowest BCUT2D eigenvalue weighted by molar-refractivity contribution is -0.179. The number of amides is 1. The molecule has 0 aromatic rings. The van der Waals surface area contributed by atoms with Crippen molar-refractivity contribution in [1.82, 2.24) is 9.80 Å². The normalized spacial score (nSPS) is 19.3. The summed E-state index contributed by atoms with van der Waals surface area (Å²) in [6, 6.07) is 0. The van der Waals surface area contributed by atoms with Crippen molar-refractivity contribution in [3.8, 4) is 0 Å². The van der Waals surface area contributed by atoms with E-state index >= 15 is 0 Å². The average molecular weight is 270 g/mol. The van der Waals surface area contributed by atoms with Gasteiger partial charge in [-0.25, -0.2) is 8.78 Å². The van der Waals surface area contributed by atoms with Crippen LogP contribution in [0.15, 0.2) is 0 Å². The molecule has 3 nitrogen and oxygen atoms in total. The Bertz CT molecular complexity index is 291. The van der Waals surface area contributed by atoms with Crippen LogP contribution in [0.25, 0.3) is 0 Å². The second kappa shape index (κ2) is 5.86. The minimum absolute atomic E-state index is 0.101. The standard InChI is InChI=1S/C11H18F4N2O/c1-16-5-3-8(4-6-16)7-17(2)10(18)11(14,15)9(12)13/h8-9H,3-7H2,1-2H3. The number of halogens is 4. The van der Waals surface area contributed by atoms with Crippen molar-refractivity contribution in [2.45, 2.75) is 25.2 Å². The summed E-state index contributed by atoms with van der Waals surface area (Å²) in [6.45, 7) is 1.77. The van der Waals surface area contributed by atoms with E-state index in [-0.39, 0.29) is 12.5 Å². The summed E-state index contributed by atoms with van der Waals surface area (Å²) in [5.41, 5.74) is 0. The van der Waals surface area contributed by atoms with Gasteiger partial charge in [0.05, 0.1) is 0 Å². The molecule has 106 valence electrons. The highest BCUT2D eigenvalue weighted by molar-refractivity contribution is 5.83. The monoisotopic (exact) mass is 270 g/mol. The molecule has 0 unspecified atom stereocenters. The predicted octanol–water partition coefficient (Wildman–Crippen LogP) is 1.69. The first-order valence-corrected chi connectivity index (χ1v) is 5.85. The van der Waals surface area contributed by atoms with E-state index in [4.69, 9.17) is 0 Å². The maximum absolute atomic E-state index is 12.9. The van der Waals surface area contributed by atoms with Gasteiger partial charge in [0.25, 0.3) is 5.91 Å². The molecular formula is C11H18F4N2O. The van der Waals surface area contributed by atoms with Gasteiger partial charge in [-0.3, -0.25) is 4.79 Å². The van der Waals surface area contributed by atoms with E-state index in [1.807, 2.05) is 7.05 Å². The predicted molar refractivity (Wildman–Crippen MR) is 58.8 cm³/mol. The van der Waals surface area contributed by atoms with Gasteiger partial charge in [-0.2, -0.15) is 8.78 Å². The van der Waals surface area contributed by atoms with E-state index in [1.165, 1.54) is 0 Å². The number of piperidine rings is 1. The molecule has 0 atom stereocenters. The van der Waals surface area contributed by atoms with Crippen molar-refractivity contribution < 1.29 is 22.4 Å². The van der Waals surface area contributed by atoms with Crippen LogP contribution in [0.5, 0.6) is 0 Å². The first-order chi connectivity index (χ1) is 8.25. The molecule has 0 aromatic carbocycles. The highest BCUT2D eigenvalue weighted by Gasteiger charge is 2.50. The van der Waals surface area contributed by atoms with Crippen LogP contribution in [-0.4, -0.2) is 61.8 Å². The fraction of sp³-hybridized carbons (Fsp3) is 0.909. The zero-order valence-electron chi connectivity index (χ0n) is 10.5. The van der Waals surface area contributed by atoms with Crippen molar-refractivity contribution in [2.75, 3.05) is 33.7 Å². The van der Waals surface area contributed by atoms with Crippen LogP contribution in [0.2, 0.25) is 0 Å². The topological polar surface area (TPSA) is 23.6 Å². The maximum Gasteiger partial charge on any atom is 0.383 e. The third kappa shape index (κ3) is 3.57. The number of hydrogen-bond acceptors (Lipinski definition) is 2. The van der Waals surface area contributed by atoms with E-state index in [2.05, 4.69) is 4.90 Å². The van der Waals surface area contributed by atoms with Crippen molar-refractivity contribution in [3.63, 3.8) is 0 Å². The Morgan fingerprint density at radius 3 is 2.33 bits per heavy atom. The highest BCUT2D eigenvalue weighted by atomic mass is 19.3. The zero-order chi connectivity index (χ0) is 13.9. The molecular weight excluding hydrogens is 252 g/mol. The molecule has 18 heavy (non-hydrogen) atoms. The fourth-order valence-electron chi connectivity index (χ4n) is 2.06. The molecule has 7 heteroatoms. The zero-order valence-corrected chi connectivity index (χ0v) is 10.5. The van der Waals surface area contributed by atoms with Crippen molar-refractivity contribution in [3.05, 3.63) is 0 Å². The Kier molecular flexibility index (Phi) is 4.95. The molecule has 0 radical (unpaired) electrons. The van der Waals surface area contributed by atoms with E-state index in [0.29, 0.717) is 0 Å². The summed E-state index contributed by atoms with van der Waals surface area (Å²) in [5, 5.41) is 0. The third-order valence-corrected chi connectivity index (χ3v) is 3.28. The number of likely N-dealkylation sites (tertiary alicyclic amines) is 1. The summed E-state index contributed by atoms with van der Waals surface area (Å²) in [5.74, 6) is -6.28. The maximum atomic E-state index is 12.9. The molecule has 0 N–H and O–H groups in total. The quantitative estimate of drug-likeness (QED) is 0.726. The SMILES string of the molecule is CN1CCC(CN(C)C(=O)C(F)(F)C(F)F)CC1. The first-order valence-electron chi connectivity index (χ1n) is 5.85. The summed E-state index contributed by atoms with van der Waals surface area (Å²) < 4.78 is 49.8. The number of nitrogens with zero attached hydrogens (tertiary/aromatic N) is 2. The molecule has 1 rings (SSSR count). The molecule has 0 aromatic heterocycles. The van der Waals surface area contributed by atoms with Gasteiger partial charge >= 0.3 is 12.3 Å². The van der Waals surface area contributed by atoms with E-state index < -0.39 is 18.3 Å². The third-order valence-electron chi connectivity index (χ3n) is 3.28. The second-order valence-corrected chi connectivity index (χ2v) is 4.86. The summed E-state index contributed by atoms with van der Waals surface area (Å²) in [7, 11) is 3.10. The van der Waals surface area contributed by atoms with Gasteiger partial charge in [0.15, 0.2) is 0 Å². The Labute approximate surface area is 104 Å². The fourth-order valence-corrected chi connectivity index (χ4v) is 2.06. The van der Waals surface area contributed by atoms with Crippen LogP contribution in [0.1, 0.15) is 12.8 Å². The summed E-state index contributed by atoms with van der Waals surface area (Å²) in [4.78, 5) is 14.1. The van der Waals surface area contributed by atoms with Gasteiger partial charge in [0, 0.05) is 13.6 Å². The van der Waals surface area contributed by atoms with Crippen LogP contribution in [0.4, 0.5) is 17.6 Å². The van der Waals surface area contributed by atoms with E-state index in [9.17, 15) is 22.4 Å². The second-order valence-electron chi connectivity index (χ2n) is 4.86. The lowest BCUT2D eigenvalue weighted by atomic mass is 9.96. The molecule has 1 saturated heterocycles. The van der Waals surface area contributed by atoms with Gasteiger partial charge in [-0.15, -0.1) is 0 Å². The Morgan fingerprint density at radius 2 is 1.89 bits per heavy atom. The molecule has 1 aliphatic rings. The summed E-state index contributed by atoms with van der Waals surface area (Å²) >= 11 is 0. The molecule has 0 aliphatic carbocycles. The van der Waals surface area contributed by atoms with Crippen molar-refractivity contribution in [2.24, 2.45) is 5.92 Å². The van der Waals surface area contributed by atoms with Gasteiger partial charge < -0.3 is 9.80 Å². The lowest BCUT2D eigenvalue weighted by Gasteiger charge is -2.32.